The van der Waals surface area contributed by atoms with Gasteiger partial charge in [0.1, 0.15) is 0 Å². The number of nitrogens with one attached hydrogen (secondary N) is 1. The van der Waals surface area contributed by atoms with Gasteiger partial charge in [0.15, 0.2) is 0 Å². The van der Waals surface area contributed by atoms with Crippen molar-refractivity contribution >= 4 is 6.03 Å². The predicted molar refractivity (Wildman–Crippen MR) is 106 cm³/mol. The van der Waals surface area contributed by atoms with Crippen molar-refractivity contribution in [2.24, 2.45) is 11.3 Å². The summed E-state index contributed by atoms with van der Waals surface area (Å²) in [7, 11) is 2.20. The first-order valence-corrected chi connectivity index (χ1v) is 10.5. The molecule has 7 nitrogen and oxygen atoms in total. The highest BCUT2D eigenvalue weighted by Crippen LogP contribution is 2.45. The van der Waals surface area contributed by atoms with E-state index in [2.05, 4.69) is 31.7 Å². The molecule has 1 aliphatic carbocycles. The molecule has 1 aromatic heterocycles. The van der Waals surface area contributed by atoms with Crippen LogP contribution in [0.15, 0.2) is 18.7 Å². The van der Waals surface area contributed by atoms with Gasteiger partial charge >= 0.3 is 6.03 Å². The highest BCUT2D eigenvalue weighted by molar-refractivity contribution is 5.74. The van der Waals surface area contributed by atoms with Crippen LogP contribution in [0.4, 0.5) is 4.79 Å². The first kappa shape index (κ1) is 18.7. The van der Waals surface area contributed by atoms with Gasteiger partial charge in [-0.2, -0.15) is 0 Å². The Morgan fingerprint density at radius 1 is 1.22 bits per heavy atom. The zero-order valence-corrected chi connectivity index (χ0v) is 16.6. The molecule has 0 aromatic carbocycles. The molecule has 150 valence electrons. The molecule has 1 saturated carbocycles. The number of urea groups is 1. The average molecular weight is 375 g/mol. The number of hydrogen-bond donors (Lipinski definition) is 1. The van der Waals surface area contributed by atoms with E-state index < -0.39 is 0 Å². The van der Waals surface area contributed by atoms with Crippen molar-refractivity contribution in [2.45, 2.75) is 32.2 Å². The molecule has 1 aromatic rings. The van der Waals surface area contributed by atoms with Crippen molar-refractivity contribution < 1.29 is 4.79 Å². The maximum atomic E-state index is 12.7. The molecule has 2 saturated heterocycles. The van der Waals surface area contributed by atoms with Crippen molar-refractivity contribution in [3.05, 3.63) is 18.7 Å². The van der Waals surface area contributed by atoms with E-state index in [1.54, 1.807) is 0 Å². The maximum Gasteiger partial charge on any atom is 0.317 e. The highest BCUT2D eigenvalue weighted by atomic mass is 16.2. The van der Waals surface area contributed by atoms with Gasteiger partial charge in [-0.05, 0) is 38.6 Å². The normalized spacial score (nSPS) is 26.1. The van der Waals surface area contributed by atoms with E-state index in [-0.39, 0.29) is 6.03 Å². The second kappa shape index (κ2) is 8.19. The van der Waals surface area contributed by atoms with Crippen LogP contribution in [0.1, 0.15) is 25.7 Å². The fourth-order valence-corrected chi connectivity index (χ4v) is 4.51. The van der Waals surface area contributed by atoms with E-state index in [0.29, 0.717) is 11.3 Å². The molecule has 1 atom stereocenters. The van der Waals surface area contributed by atoms with Crippen LogP contribution in [0.3, 0.4) is 0 Å². The van der Waals surface area contributed by atoms with Gasteiger partial charge in [-0.25, -0.2) is 9.78 Å². The Hall–Kier alpha value is -1.60. The van der Waals surface area contributed by atoms with Crippen LogP contribution in [-0.4, -0.2) is 89.7 Å². The summed E-state index contributed by atoms with van der Waals surface area (Å²) in [6, 6.07) is 0.134. The third-order valence-electron chi connectivity index (χ3n) is 6.56. The standard InChI is InChI=1S/C20H34N6O/c1-23-9-11-24(12-10-23)16-20(4-5-20)15-22-19(27)26-7-2-3-18(14-26)13-25-8-6-21-17-25/h6,8,17-18H,2-5,7,9-16H2,1H3,(H,22,27)/t18-/m1/s1. The van der Waals surface area contributed by atoms with Crippen molar-refractivity contribution in [3.63, 3.8) is 0 Å². The van der Waals surface area contributed by atoms with Crippen molar-refractivity contribution in [1.29, 1.82) is 0 Å². The molecule has 4 rings (SSSR count). The first-order valence-electron chi connectivity index (χ1n) is 10.5. The molecule has 2 amide bonds. The van der Waals surface area contributed by atoms with Crippen LogP contribution in [0.5, 0.6) is 0 Å². The highest BCUT2D eigenvalue weighted by Gasteiger charge is 2.44. The summed E-state index contributed by atoms with van der Waals surface area (Å²) in [6.07, 6.45) is 10.5. The Kier molecular flexibility index (Phi) is 5.68. The number of piperazine rings is 1. The van der Waals surface area contributed by atoms with Crippen molar-refractivity contribution in [3.8, 4) is 0 Å². The summed E-state index contributed by atoms with van der Waals surface area (Å²) >= 11 is 0. The number of rotatable bonds is 6. The van der Waals surface area contributed by atoms with Crippen LogP contribution in [-0.2, 0) is 6.54 Å². The fraction of sp³-hybridized carbons (Fsp3) is 0.800. The lowest BCUT2D eigenvalue weighted by Gasteiger charge is -2.36. The molecule has 1 N–H and O–H groups in total. The Morgan fingerprint density at radius 3 is 2.74 bits per heavy atom. The molecular weight excluding hydrogens is 340 g/mol. The largest absolute Gasteiger partial charge is 0.337 e. The van der Waals surface area contributed by atoms with Crippen LogP contribution in [0.2, 0.25) is 0 Å². The average Bonchev–Trinajstić information content (AvgIpc) is 3.25. The molecule has 0 unspecified atom stereocenters. The Labute approximate surface area is 162 Å². The minimum Gasteiger partial charge on any atom is -0.337 e. The van der Waals surface area contributed by atoms with Gasteiger partial charge in [-0.3, -0.25) is 0 Å². The SMILES string of the molecule is CN1CCN(CC2(CNC(=O)N3CCC[C@H](Cn4ccnc4)C3)CC2)CC1. The van der Waals surface area contributed by atoms with E-state index in [9.17, 15) is 4.79 Å². The van der Waals surface area contributed by atoms with E-state index in [1.165, 1.54) is 19.3 Å². The van der Waals surface area contributed by atoms with Gasteiger partial charge in [0.2, 0.25) is 0 Å². The number of imidazole rings is 1. The number of hydrogen-bond acceptors (Lipinski definition) is 4. The van der Waals surface area contributed by atoms with E-state index in [1.807, 2.05) is 23.6 Å². The number of piperidine rings is 1. The third kappa shape index (κ3) is 5.02. The third-order valence-corrected chi connectivity index (χ3v) is 6.56. The van der Waals surface area contributed by atoms with Crippen LogP contribution in [0.25, 0.3) is 0 Å². The molecule has 0 radical (unpaired) electrons. The predicted octanol–water partition coefficient (Wildman–Crippen LogP) is 1.33. The maximum absolute atomic E-state index is 12.7. The molecule has 2 aliphatic heterocycles. The number of amides is 2. The number of likely N-dealkylation sites (tertiary alicyclic amines) is 1. The monoisotopic (exact) mass is 374 g/mol. The summed E-state index contributed by atoms with van der Waals surface area (Å²) in [4.78, 5) is 23.9. The lowest BCUT2D eigenvalue weighted by atomic mass is 9.98. The Morgan fingerprint density at radius 2 is 2.04 bits per heavy atom. The van der Waals surface area contributed by atoms with Crippen LogP contribution >= 0.6 is 0 Å². The lowest BCUT2D eigenvalue weighted by molar-refractivity contribution is 0.127. The van der Waals surface area contributed by atoms with Crippen LogP contribution < -0.4 is 5.32 Å². The molecule has 3 fully saturated rings. The topological polar surface area (TPSA) is 56.6 Å². The van der Waals surface area contributed by atoms with E-state index in [4.69, 9.17) is 0 Å². The van der Waals surface area contributed by atoms with Gasteiger partial charge < -0.3 is 24.6 Å². The Balaban J connectivity index is 1.21. The quantitative estimate of drug-likeness (QED) is 0.816. The number of nitrogens with zero attached hydrogens (tertiary/aromatic N) is 5. The minimum absolute atomic E-state index is 0.134. The lowest BCUT2D eigenvalue weighted by Crippen LogP contribution is -2.50. The molecule has 0 spiro atoms. The number of aromatic nitrogens is 2. The smallest absolute Gasteiger partial charge is 0.317 e. The molecule has 0 bridgehead atoms. The van der Waals surface area contributed by atoms with E-state index in [0.717, 1.165) is 65.3 Å². The van der Waals surface area contributed by atoms with Gasteiger partial charge in [-0.15, -0.1) is 0 Å². The minimum atomic E-state index is 0.134. The van der Waals surface area contributed by atoms with Crippen molar-refractivity contribution in [1.82, 2.24) is 29.6 Å². The summed E-state index contributed by atoms with van der Waals surface area (Å²) in [6.45, 7) is 9.32. The van der Waals surface area contributed by atoms with Crippen LogP contribution in [0, 0.1) is 11.3 Å². The summed E-state index contributed by atoms with van der Waals surface area (Å²) in [5.41, 5.74) is 0.331. The summed E-state index contributed by atoms with van der Waals surface area (Å²) < 4.78 is 2.13. The number of likely N-dealkylation sites (N-methyl/N-ethyl adjacent to an activating group) is 1. The molecule has 3 heterocycles. The van der Waals surface area contributed by atoms with Gasteiger partial charge in [0.25, 0.3) is 0 Å². The summed E-state index contributed by atoms with van der Waals surface area (Å²) in [5, 5.41) is 3.26. The molecule has 7 heteroatoms. The van der Waals surface area contributed by atoms with E-state index >= 15 is 0 Å². The Bertz CT molecular complexity index is 606. The molecule has 3 aliphatic rings. The van der Waals surface area contributed by atoms with Crippen molar-refractivity contribution in [2.75, 3.05) is 59.4 Å². The second-order valence-electron chi connectivity index (χ2n) is 8.95. The zero-order valence-electron chi connectivity index (χ0n) is 16.6. The zero-order chi connectivity index (χ0) is 18.7. The van der Waals surface area contributed by atoms with Gasteiger partial charge in [0, 0.05) is 76.7 Å². The molecular formula is C20H34N6O. The first-order chi connectivity index (χ1) is 13.1. The molecule has 27 heavy (non-hydrogen) atoms. The number of carbonyl (C=O) groups excluding carboxylic acids is 1. The second-order valence-corrected chi connectivity index (χ2v) is 8.95. The summed E-state index contributed by atoms with van der Waals surface area (Å²) in [5.74, 6) is 0.527. The van der Waals surface area contributed by atoms with Gasteiger partial charge in [0.05, 0.1) is 6.33 Å². The number of carbonyl (C=O) groups is 1. The fourth-order valence-electron chi connectivity index (χ4n) is 4.51. The van der Waals surface area contributed by atoms with Gasteiger partial charge in [-0.1, -0.05) is 0 Å².